The minimum atomic E-state index is -0.129. The van der Waals surface area contributed by atoms with Gasteiger partial charge in [-0.25, -0.2) is 0 Å². The Bertz CT molecular complexity index is 2400. The van der Waals surface area contributed by atoms with Gasteiger partial charge in [-0.3, -0.25) is 0 Å². The standard InChI is InChI=1S/C45H35N/c1-4-5-7-24-41(46)30-25-26-35-37(27-30)43(34-21-13-12-20-33(34)42(35)29-16-8-6-9-17-29)38-28-40-44(32-19-11-10-18-31(32)38)36-22-14-15-23-39(36)45(40,2)3/h4-28H,1,46H2,2-3H3/b7-5-,41-24-. The van der Waals surface area contributed by atoms with Gasteiger partial charge in [0, 0.05) is 11.1 Å². The van der Waals surface area contributed by atoms with Crippen LogP contribution in [0.1, 0.15) is 30.5 Å². The Balaban J connectivity index is 1.55. The van der Waals surface area contributed by atoms with Crippen molar-refractivity contribution in [2.45, 2.75) is 19.3 Å². The average Bonchev–Trinajstić information content (AvgIpc) is 3.33. The highest BCUT2D eigenvalue weighted by atomic mass is 14.6. The van der Waals surface area contributed by atoms with Crippen molar-refractivity contribution in [1.29, 1.82) is 0 Å². The normalized spacial score (nSPS) is 13.8. The van der Waals surface area contributed by atoms with Crippen LogP contribution in [0.5, 0.6) is 0 Å². The maximum absolute atomic E-state index is 6.70. The fourth-order valence-corrected chi connectivity index (χ4v) is 7.65. The van der Waals surface area contributed by atoms with E-state index in [1.807, 2.05) is 18.2 Å². The van der Waals surface area contributed by atoms with E-state index in [0.29, 0.717) is 0 Å². The lowest BCUT2D eigenvalue weighted by atomic mass is 9.79. The van der Waals surface area contributed by atoms with Crippen molar-refractivity contribution < 1.29 is 0 Å². The van der Waals surface area contributed by atoms with Gasteiger partial charge in [-0.2, -0.15) is 0 Å². The molecule has 220 valence electrons. The molecule has 0 radical (unpaired) electrons. The number of hydrogen-bond acceptors (Lipinski definition) is 1. The van der Waals surface area contributed by atoms with Gasteiger partial charge in [0.1, 0.15) is 0 Å². The van der Waals surface area contributed by atoms with Crippen LogP contribution in [0.2, 0.25) is 0 Å². The summed E-state index contributed by atoms with van der Waals surface area (Å²) >= 11 is 0. The molecule has 7 aromatic carbocycles. The second-order valence-electron chi connectivity index (χ2n) is 12.7. The Labute approximate surface area is 270 Å². The summed E-state index contributed by atoms with van der Waals surface area (Å²) in [5, 5.41) is 7.44. The summed E-state index contributed by atoms with van der Waals surface area (Å²) < 4.78 is 0. The maximum Gasteiger partial charge on any atom is 0.0387 e. The summed E-state index contributed by atoms with van der Waals surface area (Å²) in [6.07, 6.45) is 7.55. The fourth-order valence-electron chi connectivity index (χ4n) is 7.65. The Morgan fingerprint density at radius 1 is 0.543 bits per heavy atom. The highest BCUT2D eigenvalue weighted by Crippen LogP contribution is 2.54. The molecule has 1 aliphatic rings. The van der Waals surface area contributed by atoms with Crippen LogP contribution >= 0.6 is 0 Å². The van der Waals surface area contributed by atoms with Crippen molar-refractivity contribution in [1.82, 2.24) is 0 Å². The molecule has 0 atom stereocenters. The highest BCUT2D eigenvalue weighted by Gasteiger charge is 2.37. The van der Waals surface area contributed by atoms with Crippen molar-refractivity contribution in [2.75, 3.05) is 0 Å². The summed E-state index contributed by atoms with van der Waals surface area (Å²) in [6, 6.07) is 46.7. The minimum absolute atomic E-state index is 0.129. The first-order valence-corrected chi connectivity index (χ1v) is 15.9. The van der Waals surface area contributed by atoms with E-state index in [9.17, 15) is 0 Å². The first kappa shape index (κ1) is 27.9. The van der Waals surface area contributed by atoms with Crippen LogP contribution in [0.15, 0.2) is 158 Å². The molecule has 0 aliphatic heterocycles. The summed E-state index contributed by atoms with van der Waals surface area (Å²) in [4.78, 5) is 0. The third kappa shape index (κ3) is 4.16. The van der Waals surface area contributed by atoms with Crippen molar-refractivity contribution in [3.8, 4) is 33.4 Å². The molecule has 0 aromatic heterocycles. The zero-order valence-corrected chi connectivity index (χ0v) is 26.2. The molecule has 0 unspecified atom stereocenters. The SMILES string of the molecule is C=C/C=C\C=C(/N)c1ccc2c(-c3ccccc3)c3ccccc3c(-c3cc4c(c5ccccc35)-c3ccccc3C4(C)C)c2c1. The van der Waals surface area contributed by atoms with Crippen LogP contribution in [0.3, 0.4) is 0 Å². The molecular weight excluding hydrogens is 555 g/mol. The van der Waals surface area contributed by atoms with Crippen molar-refractivity contribution in [3.63, 3.8) is 0 Å². The molecule has 1 heteroatoms. The van der Waals surface area contributed by atoms with E-state index in [-0.39, 0.29) is 5.41 Å². The third-order valence-corrected chi connectivity index (χ3v) is 9.80. The third-order valence-electron chi connectivity index (χ3n) is 9.80. The topological polar surface area (TPSA) is 26.0 Å². The largest absolute Gasteiger partial charge is 0.398 e. The number of fused-ring (bicyclic) bond motifs is 7. The second kappa shape index (κ2) is 10.8. The zero-order valence-electron chi connectivity index (χ0n) is 26.2. The van der Waals surface area contributed by atoms with Crippen LogP contribution in [-0.4, -0.2) is 0 Å². The van der Waals surface area contributed by atoms with Gasteiger partial charge < -0.3 is 5.73 Å². The van der Waals surface area contributed by atoms with Gasteiger partial charge in [0.2, 0.25) is 0 Å². The molecule has 1 nitrogen and oxygen atoms in total. The van der Waals surface area contributed by atoms with Gasteiger partial charge >= 0.3 is 0 Å². The smallest absolute Gasteiger partial charge is 0.0387 e. The van der Waals surface area contributed by atoms with Crippen molar-refractivity contribution >= 4 is 38.0 Å². The first-order chi connectivity index (χ1) is 22.5. The van der Waals surface area contributed by atoms with E-state index in [1.54, 1.807) is 6.08 Å². The Hall–Kier alpha value is -5.66. The fraction of sp³-hybridized carbons (Fsp3) is 0.0667. The number of benzene rings is 7. The molecule has 0 bridgehead atoms. The van der Waals surface area contributed by atoms with E-state index in [1.165, 1.54) is 76.8 Å². The van der Waals surface area contributed by atoms with E-state index in [2.05, 4.69) is 148 Å². The zero-order chi connectivity index (χ0) is 31.4. The van der Waals surface area contributed by atoms with Gasteiger partial charge in [-0.15, -0.1) is 0 Å². The molecule has 0 saturated carbocycles. The van der Waals surface area contributed by atoms with Crippen LogP contribution in [0.25, 0.3) is 71.4 Å². The molecule has 1 aliphatic carbocycles. The number of nitrogens with two attached hydrogens (primary N) is 1. The predicted octanol–water partition coefficient (Wildman–Crippen LogP) is 11.8. The lowest BCUT2D eigenvalue weighted by Crippen LogP contribution is -2.15. The summed E-state index contributed by atoms with van der Waals surface area (Å²) in [5.74, 6) is 0. The molecular formula is C45H35N. The summed E-state index contributed by atoms with van der Waals surface area (Å²) in [6.45, 7) is 8.53. The molecule has 0 heterocycles. The molecule has 0 spiro atoms. The van der Waals surface area contributed by atoms with Crippen LogP contribution in [0.4, 0.5) is 0 Å². The second-order valence-corrected chi connectivity index (χ2v) is 12.7. The van der Waals surface area contributed by atoms with Crippen LogP contribution in [0, 0.1) is 0 Å². The lowest BCUT2D eigenvalue weighted by molar-refractivity contribution is 0.661. The van der Waals surface area contributed by atoms with Gasteiger partial charge in [0.25, 0.3) is 0 Å². The minimum Gasteiger partial charge on any atom is -0.398 e. The van der Waals surface area contributed by atoms with E-state index in [0.717, 1.165) is 11.3 Å². The predicted molar refractivity (Wildman–Crippen MR) is 199 cm³/mol. The van der Waals surface area contributed by atoms with E-state index >= 15 is 0 Å². The molecule has 8 rings (SSSR count). The number of rotatable bonds is 5. The van der Waals surface area contributed by atoms with Gasteiger partial charge in [-0.1, -0.05) is 154 Å². The molecule has 2 N–H and O–H groups in total. The molecule has 0 fully saturated rings. The Morgan fingerprint density at radius 3 is 1.89 bits per heavy atom. The average molecular weight is 590 g/mol. The lowest BCUT2D eigenvalue weighted by Gasteiger charge is -2.24. The number of allylic oxidation sites excluding steroid dienone is 4. The van der Waals surface area contributed by atoms with Gasteiger partial charge in [0.15, 0.2) is 0 Å². The van der Waals surface area contributed by atoms with E-state index in [4.69, 9.17) is 5.73 Å². The van der Waals surface area contributed by atoms with Crippen molar-refractivity contribution in [2.24, 2.45) is 5.73 Å². The van der Waals surface area contributed by atoms with Gasteiger partial charge in [-0.05, 0) is 101 Å². The Morgan fingerprint density at radius 2 is 1.15 bits per heavy atom. The van der Waals surface area contributed by atoms with E-state index < -0.39 is 0 Å². The summed E-state index contributed by atoms with van der Waals surface area (Å²) in [5.41, 5.74) is 18.7. The Kier molecular flexibility index (Phi) is 6.51. The number of hydrogen-bond donors (Lipinski definition) is 1. The highest BCUT2D eigenvalue weighted by molar-refractivity contribution is 6.25. The molecule has 0 saturated heterocycles. The summed E-state index contributed by atoms with van der Waals surface area (Å²) in [7, 11) is 0. The van der Waals surface area contributed by atoms with Gasteiger partial charge in [0.05, 0.1) is 0 Å². The first-order valence-electron chi connectivity index (χ1n) is 15.9. The quantitative estimate of drug-likeness (QED) is 0.157. The molecule has 7 aromatic rings. The monoisotopic (exact) mass is 589 g/mol. The van der Waals surface area contributed by atoms with Crippen molar-refractivity contribution in [3.05, 3.63) is 175 Å². The van der Waals surface area contributed by atoms with Crippen LogP contribution in [-0.2, 0) is 5.41 Å². The molecule has 0 amide bonds. The molecule has 46 heavy (non-hydrogen) atoms. The van der Waals surface area contributed by atoms with Crippen LogP contribution < -0.4 is 5.73 Å². The maximum atomic E-state index is 6.70.